The third-order valence-corrected chi connectivity index (χ3v) is 2.72. The van der Waals surface area contributed by atoms with Gasteiger partial charge in [-0.3, -0.25) is 0 Å². The van der Waals surface area contributed by atoms with E-state index in [-0.39, 0.29) is 0 Å². The van der Waals surface area contributed by atoms with Gasteiger partial charge in [-0.25, -0.2) is 0 Å². The number of hydrogen-bond donors (Lipinski definition) is 1. The summed E-state index contributed by atoms with van der Waals surface area (Å²) in [6.45, 7) is 1.66. The highest BCUT2D eigenvalue weighted by atomic mass is 16.1. The Morgan fingerprint density at radius 3 is 2.31 bits per heavy atom. The van der Waals surface area contributed by atoms with Crippen molar-refractivity contribution in [1.82, 2.24) is 0 Å². The first-order valence-corrected chi connectivity index (χ1v) is 6.02. The molecule has 0 aliphatic rings. The summed E-state index contributed by atoms with van der Waals surface area (Å²) in [7, 11) is 0. The number of hydrogen-bond acceptors (Lipinski definition) is 2. The smallest absolute Gasteiger partial charge is 0.129 e. The van der Waals surface area contributed by atoms with E-state index in [1.54, 1.807) is 6.92 Å². The topological polar surface area (TPSA) is 43.1 Å². The van der Waals surface area contributed by atoms with Gasteiger partial charge in [0, 0.05) is 12.1 Å². The lowest BCUT2D eigenvalue weighted by molar-refractivity contribution is -0.117. The second kappa shape index (κ2) is 7.04. The molecule has 0 unspecified atom stereocenters. The molecule has 0 saturated heterocycles. The van der Waals surface area contributed by atoms with Crippen LogP contribution in [0, 0.1) is 0 Å². The molecule has 0 aliphatic heterocycles. The largest absolute Gasteiger partial charge is 0.399 e. The van der Waals surface area contributed by atoms with Gasteiger partial charge in [0.15, 0.2) is 0 Å². The highest BCUT2D eigenvalue weighted by Crippen LogP contribution is 2.11. The predicted octanol–water partition coefficient (Wildman–Crippen LogP) is 3.35. The number of carbonyl (C=O) groups excluding carboxylic acids is 1. The highest BCUT2D eigenvalue weighted by Gasteiger charge is 1.96. The van der Waals surface area contributed by atoms with Crippen molar-refractivity contribution in [2.24, 2.45) is 0 Å². The van der Waals surface area contributed by atoms with Gasteiger partial charge in [-0.05, 0) is 43.9 Å². The van der Waals surface area contributed by atoms with Gasteiger partial charge in [-0.2, -0.15) is 0 Å². The average Bonchev–Trinajstić information content (AvgIpc) is 2.25. The zero-order chi connectivity index (χ0) is 11.8. The number of nitrogens with two attached hydrogens (primary N) is 1. The summed E-state index contributed by atoms with van der Waals surface area (Å²) in [4.78, 5) is 10.7. The number of carbonyl (C=O) groups is 1. The van der Waals surface area contributed by atoms with Gasteiger partial charge >= 0.3 is 0 Å². The first kappa shape index (κ1) is 12.8. The van der Waals surface area contributed by atoms with Gasteiger partial charge < -0.3 is 10.5 Å². The summed E-state index contributed by atoms with van der Waals surface area (Å²) in [6, 6.07) is 8.08. The van der Waals surface area contributed by atoms with Crippen molar-refractivity contribution < 1.29 is 4.79 Å². The number of anilines is 1. The number of Topliss-reactive ketones (excluding diaryl/α,β-unsaturated/α-hetero) is 1. The second-order valence-electron chi connectivity index (χ2n) is 4.36. The molecule has 88 valence electrons. The fraction of sp³-hybridized carbons (Fsp3) is 0.500. The molecular weight excluding hydrogens is 198 g/mol. The number of aryl methyl sites for hydroxylation is 1. The molecule has 0 amide bonds. The quantitative estimate of drug-likeness (QED) is 0.564. The number of rotatable bonds is 7. The van der Waals surface area contributed by atoms with Crippen molar-refractivity contribution >= 4 is 11.5 Å². The molecule has 16 heavy (non-hydrogen) atoms. The summed E-state index contributed by atoms with van der Waals surface area (Å²) in [5, 5.41) is 0. The minimum Gasteiger partial charge on any atom is -0.399 e. The Morgan fingerprint density at radius 1 is 1.06 bits per heavy atom. The fourth-order valence-corrected chi connectivity index (χ4v) is 1.74. The minimum atomic E-state index is 0.304. The molecule has 0 fully saturated rings. The van der Waals surface area contributed by atoms with E-state index in [0.717, 1.165) is 31.4 Å². The van der Waals surface area contributed by atoms with Crippen molar-refractivity contribution in [3.8, 4) is 0 Å². The van der Waals surface area contributed by atoms with Crippen LogP contribution >= 0.6 is 0 Å². The summed E-state index contributed by atoms with van der Waals surface area (Å²) >= 11 is 0. The molecule has 1 rings (SSSR count). The third kappa shape index (κ3) is 5.54. The lowest BCUT2D eigenvalue weighted by Gasteiger charge is -2.02. The Hall–Kier alpha value is -1.31. The van der Waals surface area contributed by atoms with Gasteiger partial charge in [0.25, 0.3) is 0 Å². The normalized spacial score (nSPS) is 10.3. The minimum absolute atomic E-state index is 0.304. The molecule has 0 spiro atoms. The number of ketones is 1. The lowest BCUT2D eigenvalue weighted by Crippen LogP contribution is -1.91. The van der Waals surface area contributed by atoms with E-state index in [2.05, 4.69) is 12.1 Å². The first-order valence-electron chi connectivity index (χ1n) is 6.02. The van der Waals surface area contributed by atoms with Crippen LogP contribution in [-0.2, 0) is 11.2 Å². The molecule has 0 heterocycles. The summed E-state index contributed by atoms with van der Waals surface area (Å²) < 4.78 is 0. The van der Waals surface area contributed by atoms with Crippen molar-refractivity contribution in [3.05, 3.63) is 29.8 Å². The zero-order valence-corrected chi connectivity index (χ0v) is 10.0. The van der Waals surface area contributed by atoms with Crippen LogP contribution in [0.1, 0.15) is 44.6 Å². The maximum Gasteiger partial charge on any atom is 0.129 e. The molecule has 0 aliphatic carbocycles. The molecule has 0 saturated carbocycles. The van der Waals surface area contributed by atoms with E-state index in [1.165, 1.54) is 18.4 Å². The zero-order valence-electron chi connectivity index (χ0n) is 10.0. The Labute approximate surface area is 97.9 Å². The van der Waals surface area contributed by atoms with Crippen LogP contribution in [0.4, 0.5) is 5.69 Å². The van der Waals surface area contributed by atoms with Gasteiger partial charge in [0.2, 0.25) is 0 Å². The van der Waals surface area contributed by atoms with Crippen LogP contribution in [-0.4, -0.2) is 5.78 Å². The summed E-state index contributed by atoms with van der Waals surface area (Å²) in [5.74, 6) is 0.304. The van der Waals surface area contributed by atoms with Crippen molar-refractivity contribution in [2.75, 3.05) is 5.73 Å². The van der Waals surface area contributed by atoms with Gasteiger partial charge in [0.1, 0.15) is 5.78 Å². The monoisotopic (exact) mass is 219 g/mol. The Morgan fingerprint density at radius 2 is 1.69 bits per heavy atom. The number of unbranched alkanes of at least 4 members (excludes halogenated alkanes) is 3. The third-order valence-electron chi connectivity index (χ3n) is 2.72. The van der Waals surface area contributed by atoms with Crippen molar-refractivity contribution in [1.29, 1.82) is 0 Å². The maximum atomic E-state index is 10.7. The molecule has 0 radical (unpaired) electrons. The standard InChI is InChI=1S/C14H21NO/c1-12(16)6-4-2-3-5-7-13-8-10-14(15)11-9-13/h8-11H,2-7,15H2,1H3. The molecule has 2 N–H and O–H groups in total. The SMILES string of the molecule is CC(=O)CCCCCCc1ccc(N)cc1. The van der Waals surface area contributed by atoms with Crippen LogP contribution in [0.3, 0.4) is 0 Å². The van der Waals surface area contributed by atoms with E-state index in [1.807, 2.05) is 12.1 Å². The number of benzene rings is 1. The molecule has 0 atom stereocenters. The van der Waals surface area contributed by atoms with Crippen molar-refractivity contribution in [2.45, 2.75) is 45.4 Å². The molecule has 1 aromatic rings. The fourth-order valence-electron chi connectivity index (χ4n) is 1.74. The van der Waals surface area contributed by atoms with Gasteiger partial charge in [-0.15, -0.1) is 0 Å². The first-order chi connectivity index (χ1) is 7.68. The Balaban J connectivity index is 2.07. The van der Waals surface area contributed by atoms with E-state index < -0.39 is 0 Å². The van der Waals surface area contributed by atoms with Gasteiger partial charge in [0.05, 0.1) is 0 Å². The van der Waals surface area contributed by atoms with Crippen LogP contribution in [0.25, 0.3) is 0 Å². The van der Waals surface area contributed by atoms with Gasteiger partial charge in [-0.1, -0.05) is 25.0 Å². The van der Waals surface area contributed by atoms with Crippen LogP contribution in [0.2, 0.25) is 0 Å². The maximum absolute atomic E-state index is 10.7. The molecule has 2 heteroatoms. The predicted molar refractivity (Wildman–Crippen MR) is 68.3 cm³/mol. The molecule has 0 aromatic heterocycles. The summed E-state index contributed by atoms with van der Waals surface area (Å²) in [6.07, 6.45) is 6.45. The molecule has 1 aromatic carbocycles. The van der Waals surface area contributed by atoms with E-state index in [9.17, 15) is 4.79 Å². The second-order valence-corrected chi connectivity index (χ2v) is 4.36. The Bertz CT molecular complexity index is 316. The highest BCUT2D eigenvalue weighted by molar-refractivity contribution is 5.75. The lowest BCUT2D eigenvalue weighted by atomic mass is 10.0. The molecular formula is C14H21NO. The number of nitrogen functional groups attached to an aromatic ring is 1. The van der Waals surface area contributed by atoms with Crippen molar-refractivity contribution in [3.63, 3.8) is 0 Å². The van der Waals surface area contributed by atoms with Crippen LogP contribution in [0.15, 0.2) is 24.3 Å². The molecule has 0 bridgehead atoms. The Kier molecular flexibility index (Phi) is 5.62. The van der Waals surface area contributed by atoms with E-state index in [0.29, 0.717) is 5.78 Å². The summed E-state index contributed by atoms with van der Waals surface area (Å²) in [5.41, 5.74) is 7.79. The van der Waals surface area contributed by atoms with Crippen LogP contribution in [0.5, 0.6) is 0 Å². The van der Waals surface area contributed by atoms with Crippen LogP contribution < -0.4 is 5.73 Å². The van der Waals surface area contributed by atoms with E-state index in [4.69, 9.17) is 5.73 Å². The van der Waals surface area contributed by atoms with E-state index >= 15 is 0 Å². The average molecular weight is 219 g/mol. The molecule has 2 nitrogen and oxygen atoms in total.